The number of hydrogen-bond donors (Lipinski definition) is 1. The quantitative estimate of drug-likeness (QED) is 0.700. The van der Waals surface area contributed by atoms with Crippen molar-refractivity contribution >= 4 is 5.97 Å². The van der Waals surface area contributed by atoms with Crippen molar-refractivity contribution in [2.24, 2.45) is 5.41 Å². The summed E-state index contributed by atoms with van der Waals surface area (Å²) < 4.78 is 4.99. The average molecular weight is 215 g/mol. The Morgan fingerprint density at radius 1 is 1.60 bits per heavy atom. The molecule has 0 amide bonds. The van der Waals surface area contributed by atoms with E-state index in [1.54, 1.807) is 7.11 Å². The summed E-state index contributed by atoms with van der Waals surface area (Å²) in [6.45, 7) is 5.23. The number of methoxy groups -OCH3 is 1. The fourth-order valence-corrected chi connectivity index (χ4v) is 2.14. The van der Waals surface area contributed by atoms with Crippen LogP contribution in [0.5, 0.6) is 0 Å². The maximum Gasteiger partial charge on any atom is 0.310 e. The molecule has 1 N–H and O–H groups in total. The van der Waals surface area contributed by atoms with Gasteiger partial charge in [-0.25, -0.2) is 0 Å². The number of ether oxygens (including phenoxy) is 1. The molecular weight excluding hydrogens is 194 g/mol. The van der Waals surface area contributed by atoms with Crippen molar-refractivity contribution in [1.29, 1.82) is 0 Å². The van der Waals surface area contributed by atoms with Gasteiger partial charge in [0.2, 0.25) is 0 Å². The number of likely N-dealkylation sites (tertiary alicyclic amines) is 1. The molecule has 1 rings (SSSR count). The van der Waals surface area contributed by atoms with Gasteiger partial charge in [0, 0.05) is 26.8 Å². The molecular formula is C11H21NO3. The minimum absolute atomic E-state index is 0.550. The summed E-state index contributed by atoms with van der Waals surface area (Å²) >= 11 is 0. The molecule has 0 spiro atoms. The zero-order chi connectivity index (χ0) is 11.3. The first kappa shape index (κ1) is 12.5. The molecule has 88 valence electrons. The molecule has 4 heteroatoms. The smallest absolute Gasteiger partial charge is 0.310 e. The Morgan fingerprint density at radius 2 is 2.33 bits per heavy atom. The Morgan fingerprint density at radius 3 is 2.93 bits per heavy atom. The summed E-state index contributed by atoms with van der Waals surface area (Å²) in [5.41, 5.74) is -0.550. The SMILES string of the molecule is COCCCN1CCCC(C)(C(=O)O)C1. The first-order chi connectivity index (χ1) is 7.08. The summed E-state index contributed by atoms with van der Waals surface area (Å²) in [4.78, 5) is 13.3. The van der Waals surface area contributed by atoms with Crippen LogP contribution in [0.3, 0.4) is 0 Å². The second kappa shape index (κ2) is 5.47. The van der Waals surface area contributed by atoms with Crippen LogP contribution < -0.4 is 0 Å². The van der Waals surface area contributed by atoms with Gasteiger partial charge < -0.3 is 14.7 Å². The fourth-order valence-electron chi connectivity index (χ4n) is 2.14. The molecule has 1 saturated heterocycles. The van der Waals surface area contributed by atoms with Gasteiger partial charge in [-0.2, -0.15) is 0 Å². The zero-order valence-electron chi connectivity index (χ0n) is 9.66. The number of carboxylic acid groups (broad SMARTS) is 1. The number of hydrogen-bond acceptors (Lipinski definition) is 3. The van der Waals surface area contributed by atoms with Crippen LogP contribution in [0.1, 0.15) is 26.2 Å². The van der Waals surface area contributed by atoms with E-state index in [2.05, 4.69) is 4.90 Å². The molecule has 0 radical (unpaired) electrons. The van der Waals surface area contributed by atoms with Crippen LogP contribution in [0, 0.1) is 5.41 Å². The summed E-state index contributed by atoms with van der Waals surface area (Å²) in [6, 6.07) is 0. The largest absolute Gasteiger partial charge is 0.481 e. The van der Waals surface area contributed by atoms with E-state index in [1.165, 1.54) is 0 Å². The zero-order valence-corrected chi connectivity index (χ0v) is 9.66. The molecule has 1 unspecified atom stereocenters. The first-order valence-electron chi connectivity index (χ1n) is 5.53. The molecule has 1 aliphatic rings. The lowest BCUT2D eigenvalue weighted by Gasteiger charge is -2.37. The third-order valence-electron chi connectivity index (χ3n) is 3.11. The number of piperidine rings is 1. The molecule has 1 atom stereocenters. The Bertz CT molecular complexity index is 220. The molecule has 15 heavy (non-hydrogen) atoms. The van der Waals surface area contributed by atoms with Crippen molar-refractivity contribution in [3.63, 3.8) is 0 Å². The third kappa shape index (κ3) is 3.47. The maximum atomic E-state index is 11.1. The highest BCUT2D eigenvalue weighted by molar-refractivity contribution is 5.74. The van der Waals surface area contributed by atoms with Gasteiger partial charge in [-0.3, -0.25) is 4.79 Å². The Labute approximate surface area is 91.2 Å². The lowest BCUT2D eigenvalue weighted by Crippen LogP contribution is -2.46. The van der Waals surface area contributed by atoms with E-state index in [0.29, 0.717) is 6.54 Å². The predicted molar refractivity (Wildman–Crippen MR) is 57.9 cm³/mol. The van der Waals surface area contributed by atoms with Crippen LogP contribution in [0.2, 0.25) is 0 Å². The minimum atomic E-state index is -0.668. The highest BCUT2D eigenvalue weighted by atomic mass is 16.5. The molecule has 4 nitrogen and oxygen atoms in total. The molecule has 1 aliphatic heterocycles. The van der Waals surface area contributed by atoms with Gasteiger partial charge >= 0.3 is 5.97 Å². The van der Waals surface area contributed by atoms with E-state index in [-0.39, 0.29) is 0 Å². The van der Waals surface area contributed by atoms with Crippen molar-refractivity contribution in [1.82, 2.24) is 4.90 Å². The fraction of sp³-hybridized carbons (Fsp3) is 0.909. The standard InChI is InChI=1S/C11H21NO3/c1-11(10(13)14)5-3-6-12(9-11)7-4-8-15-2/h3-9H2,1-2H3,(H,13,14). The van der Waals surface area contributed by atoms with E-state index in [1.807, 2.05) is 6.92 Å². The van der Waals surface area contributed by atoms with E-state index in [9.17, 15) is 4.79 Å². The summed E-state index contributed by atoms with van der Waals surface area (Å²) in [6.07, 6.45) is 2.76. The molecule has 0 bridgehead atoms. The van der Waals surface area contributed by atoms with Crippen LogP contribution in [0.25, 0.3) is 0 Å². The molecule has 0 aromatic heterocycles. The van der Waals surface area contributed by atoms with Crippen LogP contribution in [0.4, 0.5) is 0 Å². The van der Waals surface area contributed by atoms with E-state index >= 15 is 0 Å². The normalized spacial score (nSPS) is 27.9. The van der Waals surface area contributed by atoms with Crippen LogP contribution >= 0.6 is 0 Å². The van der Waals surface area contributed by atoms with Gasteiger partial charge in [0.25, 0.3) is 0 Å². The lowest BCUT2D eigenvalue weighted by atomic mass is 9.82. The van der Waals surface area contributed by atoms with Crippen molar-refractivity contribution < 1.29 is 14.6 Å². The second-order valence-electron chi connectivity index (χ2n) is 4.59. The van der Waals surface area contributed by atoms with Crippen molar-refractivity contribution in [2.45, 2.75) is 26.2 Å². The summed E-state index contributed by atoms with van der Waals surface area (Å²) in [7, 11) is 1.69. The Kier molecular flexibility index (Phi) is 4.54. The van der Waals surface area contributed by atoms with E-state index < -0.39 is 11.4 Å². The van der Waals surface area contributed by atoms with Gasteiger partial charge in [0.05, 0.1) is 5.41 Å². The van der Waals surface area contributed by atoms with Crippen LogP contribution in [-0.2, 0) is 9.53 Å². The summed E-state index contributed by atoms with van der Waals surface area (Å²) in [5.74, 6) is -0.668. The predicted octanol–water partition coefficient (Wildman–Crippen LogP) is 1.21. The van der Waals surface area contributed by atoms with Crippen molar-refractivity contribution in [3.8, 4) is 0 Å². The lowest BCUT2D eigenvalue weighted by molar-refractivity contribution is -0.151. The van der Waals surface area contributed by atoms with Gasteiger partial charge in [0.15, 0.2) is 0 Å². The number of nitrogens with zero attached hydrogens (tertiary/aromatic N) is 1. The molecule has 0 aromatic carbocycles. The molecule has 0 aliphatic carbocycles. The van der Waals surface area contributed by atoms with Crippen LogP contribution in [0.15, 0.2) is 0 Å². The minimum Gasteiger partial charge on any atom is -0.481 e. The molecule has 0 saturated carbocycles. The molecule has 1 fully saturated rings. The van der Waals surface area contributed by atoms with Crippen LogP contribution in [-0.4, -0.2) is 49.3 Å². The van der Waals surface area contributed by atoms with E-state index in [0.717, 1.165) is 39.0 Å². The van der Waals surface area contributed by atoms with Crippen molar-refractivity contribution in [3.05, 3.63) is 0 Å². The number of rotatable bonds is 5. The van der Waals surface area contributed by atoms with Gasteiger partial charge in [-0.15, -0.1) is 0 Å². The van der Waals surface area contributed by atoms with E-state index in [4.69, 9.17) is 9.84 Å². The van der Waals surface area contributed by atoms with Crippen molar-refractivity contribution in [2.75, 3.05) is 33.4 Å². The maximum absolute atomic E-state index is 11.1. The number of aliphatic carboxylic acids is 1. The molecule has 0 aromatic rings. The van der Waals surface area contributed by atoms with Gasteiger partial charge in [-0.05, 0) is 32.7 Å². The van der Waals surface area contributed by atoms with Gasteiger partial charge in [0.1, 0.15) is 0 Å². The second-order valence-corrected chi connectivity index (χ2v) is 4.59. The Balaban J connectivity index is 2.38. The average Bonchev–Trinajstić information content (AvgIpc) is 2.18. The Hall–Kier alpha value is -0.610. The monoisotopic (exact) mass is 215 g/mol. The molecule has 1 heterocycles. The summed E-state index contributed by atoms with van der Waals surface area (Å²) in [5, 5.41) is 9.14. The highest BCUT2D eigenvalue weighted by Crippen LogP contribution is 2.29. The topological polar surface area (TPSA) is 49.8 Å². The van der Waals surface area contributed by atoms with Gasteiger partial charge in [-0.1, -0.05) is 0 Å². The number of carbonyl (C=O) groups is 1. The number of carboxylic acids is 1. The highest BCUT2D eigenvalue weighted by Gasteiger charge is 2.37. The third-order valence-corrected chi connectivity index (χ3v) is 3.11. The first-order valence-corrected chi connectivity index (χ1v) is 5.53.